The molecule has 1 aliphatic heterocycles. The van der Waals surface area contributed by atoms with Crippen LogP contribution in [0.4, 0.5) is 0 Å². The summed E-state index contributed by atoms with van der Waals surface area (Å²) < 4.78 is 6.68. The summed E-state index contributed by atoms with van der Waals surface area (Å²) in [5.41, 5.74) is 3.23. The quantitative estimate of drug-likeness (QED) is 0.817. The third-order valence-electron chi connectivity index (χ3n) is 3.94. The van der Waals surface area contributed by atoms with Gasteiger partial charge in [0, 0.05) is 30.2 Å². The highest BCUT2D eigenvalue weighted by molar-refractivity contribution is 9.10. The number of carbonyl (C=O) groups is 1. The molecule has 1 heterocycles. The molecular weight excluding hydrogens is 392 g/mol. The number of amides is 1. The van der Waals surface area contributed by atoms with Crippen molar-refractivity contribution in [3.05, 3.63) is 63.6 Å². The highest BCUT2D eigenvalue weighted by atomic mass is 79.9. The van der Waals surface area contributed by atoms with E-state index < -0.39 is 0 Å². The summed E-state index contributed by atoms with van der Waals surface area (Å²) in [6, 6.07) is 13.6. The largest absolute Gasteiger partial charge is 0.492 e. The number of likely N-dealkylation sites (N-methyl/N-ethyl adjacent to an activating group) is 1. The second-order valence-electron chi connectivity index (χ2n) is 5.62. The van der Waals surface area contributed by atoms with Gasteiger partial charge in [0.2, 0.25) is 0 Å². The van der Waals surface area contributed by atoms with Crippen molar-refractivity contribution in [1.29, 1.82) is 0 Å². The second kappa shape index (κ2) is 8.51. The van der Waals surface area contributed by atoms with E-state index in [2.05, 4.69) is 21.2 Å². The molecule has 0 atom stereocenters. The van der Waals surface area contributed by atoms with E-state index in [1.165, 1.54) is 11.1 Å². The van der Waals surface area contributed by atoms with Crippen LogP contribution in [-0.2, 0) is 13.1 Å². The van der Waals surface area contributed by atoms with Gasteiger partial charge < -0.3 is 15.0 Å². The fourth-order valence-electron chi connectivity index (χ4n) is 2.58. The number of halogens is 2. The van der Waals surface area contributed by atoms with Crippen molar-refractivity contribution in [2.45, 2.75) is 13.1 Å². The number of hydrogen-bond donors (Lipinski definition) is 1. The van der Waals surface area contributed by atoms with Crippen molar-refractivity contribution >= 4 is 34.2 Å². The highest BCUT2D eigenvalue weighted by Crippen LogP contribution is 2.18. The van der Waals surface area contributed by atoms with Gasteiger partial charge in [0.15, 0.2) is 0 Å². The Morgan fingerprint density at radius 3 is 2.62 bits per heavy atom. The average molecular weight is 412 g/mol. The molecule has 1 aliphatic rings. The van der Waals surface area contributed by atoms with Gasteiger partial charge in [-0.25, -0.2) is 0 Å². The third-order valence-corrected chi connectivity index (χ3v) is 4.47. The molecule has 0 bridgehead atoms. The van der Waals surface area contributed by atoms with Crippen LogP contribution < -0.4 is 10.1 Å². The van der Waals surface area contributed by atoms with Gasteiger partial charge in [-0.15, -0.1) is 12.4 Å². The molecule has 1 amide bonds. The van der Waals surface area contributed by atoms with Crippen molar-refractivity contribution in [1.82, 2.24) is 10.2 Å². The van der Waals surface area contributed by atoms with Crippen molar-refractivity contribution in [3.63, 3.8) is 0 Å². The number of fused-ring (bicyclic) bond motifs is 1. The van der Waals surface area contributed by atoms with E-state index in [-0.39, 0.29) is 18.3 Å². The van der Waals surface area contributed by atoms with E-state index in [4.69, 9.17) is 4.74 Å². The number of ether oxygens (including phenoxy) is 1. The number of carbonyl (C=O) groups excluding carboxylic acids is 1. The molecule has 6 heteroatoms. The third kappa shape index (κ3) is 4.50. The topological polar surface area (TPSA) is 41.6 Å². The maximum absolute atomic E-state index is 12.5. The van der Waals surface area contributed by atoms with Crippen LogP contribution in [0, 0.1) is 0 Å². The van der Waals surface area contributed by atoms with E-state index in [0.29, 0.717) is 13.2 Å². The fourth-order valence-corrected chi connectivity index (χ4v) is 2.85. The summed E-state index contributed by atoms with van der Waals surface area (Å²) in [7, 11) is 1.80. The van der Waals surface area contributed by atoms with Crippen LogP contribution in [-0.4, -0.2) is 31.0 Å². The van der Waals surface area contributed by atoms with Crippen LogP contribution in [0.2, 0.25) is 0 Å². The standard InChI is InChI=1S/C18H19BrN2O2.ClH/c1-21(8-9-23-17-6-4-16(19)5-7-17)18(22)13-2-3-14-11-20-12-15(14)10-13;/h2-7,10,20H,8-9,11-12H2,1H3;1H. The normalized spacial score (nSPS) is 12.2. The Bertz CT molecular complexity index is 707. The first-order valence-electron chi connectivity index (χ1n) is 7.60. The summed E-state index contributed by atoms with van der Waals surface area (Å²) in [5.74, 6) is 0.830. The van der Waals surface area contributed by atoms with E-state index in [1.807, 2.05) is 42.5 Å². The van der Waals surface area contributed by atoms with Gasteiger partial charge in [0.25, 0.3) is 5.91 Å². The molecular formula is C18H20BrClN2O2. The van der Waals surface area contributed by atoms with Gasteiger partial charge in [0.1, 0.15) is 12.4 Å². The predicted molar refractivity (Wildman–Crippen MR) is 101 cm³/mol. The second-order valence-corrected chi connectivity index (χ2v) is 6.53. The van der Waals surface area contributed by atoms with Crippen molar-refractivity contribution < 1.29 is 9.53 Å². The summed E-state index contributed by atoms with van der Waals surface area (Å²) in [5, 5.41) is 3.29. The molecule has 0 fully saturated rings. The number of hydrogen-bond acceptors (Lipinski definition) is 3. The average Bonchev–Trinajstić information content (AvgIpc) is 3.03. The first kappa shape index (κ1) is 18.8. The van der Waals surface area contributed by atoms with Crippen LogP contribution >= 0.6 is 28.3 Å². The molecule has 3 rings (SSSR count). The minimum Gasteiger partial charge on any atom is -0.492 e. The van der Waals surface area contributed by atoms with Crippen molar-refractivity contribution in [2.75, 3.05) is 20.2 Å². The smallest absolute Gasteiger partial charge is 0.253 e. The highest BCUT2D eigenvalue weighted by Gasteiger charge is 2.16. The molecule has 128 valence electrons. The van der Waals surface area contributed by atoms with Crippen LogP contribution in [0.25, 0.3) is 0 Å². The lowest BCUT2D eigenvalue weighted by molar-refractivity contribution is 0.0773. The number of nitrogens with zero attached hydrogens (tertiary/aromatic N) is 1. The van der Waals surface area contributed by atoms with Crippen LogP contribution in [0.5, 0.6) is 5.75 Å². The Morgan fingerprint density at radius 2 is 1.88 bits per heavy atom. The Hall–Kier alpha value is -1.56. The summed E-state index contributed by atoms with van der Waals surface area (Å²) in [6.07, 6.45) is 0. The van der Waals surface area contributed by atoms with Crippen LogP contribution in [0.3, 0.4) is 0 Å². The first-order valence-corrected chi connectivity index (χ1v) is 8.39. The first-order chi connectivity index (χ1) is 11.1. The summed E-state index contributed by atoms with van der Waals surface area (Å²) in [6.45, 7) is 2.74. The maximum atomic E-state index is 12.5. The lowest BCUT2D eigenvalue weighted by Gasteiger charge is -2.18. The molecule has 0 unspecified atom stereocenters. The van der Waals surface area contributed by atoms with Crippen LogP contribution in [0.1, 0.15) is 21.5 Å². The molecule has 0 saturated heterocycles. The molecule has 4 nitrogen and oxygen atoms in total. The minimum atomic E-state index is 0. The molecule has 24 heavy (non-hydrogen) atoms. The summed E-state index contributed by atoms with van der Waals surface area (Å²) >= 11 is 3.39. The Balaban J connectivity index is 0.00000208. The number of rotatable bonds is 5. The summed E-state index contributed by atoms with van der Waals surface area (Å²) in [4.78, 5) is 14.2. The van der Waals surface area contributed by atoms with E-state index in [1.54, 1.807) is 11.9 Å². The van der Waals surface area contributed by atoms with E-state index in [0.717, 1.165) is 28.9 Å². The molecule has 0 aromatic heterocycles. The molecule has 0 radical (unpaired) electrons. The van der Waals surface area contributed by atoms with Gasteiger partial charge in [-0.2, -0.15) is 0 Å². The number of nitrogens with one attached hydrogen (secondary N) is 1. The predicted octanol–water partition coefficient (Wildman–Crippen LogP) is 3.63. The lowest BCUT2D eigenvalue weighted by atomic mass is 10.1. The molecule has 2 aromatic carbocycles. The Morgan fingerprint density at radius 1 is 1.17 bits per heavy atom. The SMILES string of the molecule is CN(CCOc1ccc(Br)cc1)C(=O)c1ccc2c(c1)CNC2.Cl. The van der Waals surface area contributed by atoms with E-state index in [9.17, 15) is 4.79 Å². The van der Waals surface area contributed by atoms with Gasteiger partial charge >= 0.3 is 0 Å². The number of benzene rings is 2. The van der Waals surface area contributed by atoms with E-state index >= 15 is 0 Å². The maximum Gasteiger partial charge on any atom is 0.253 e. The molecule has 0 aliphatic carbocycles. The Labute approximate surface area is 156 Å². The minimum absolute atomic E-state index is 0. The van der Waals surface area contributed by atoms with Crippen molar-refractivity contribution in [3.8, 4) is 5.75 Å². The lowest BCUT2D eigenvalue weighted by Crippen LogP contribution is -2.30. The van der Waals surface area contributed by atoms with Crippen molar-refractivity contribution in [2.24, 2.45) is 0 Å². The zero-order valence-corrected chi connectivity index (χ0v) is 15.8. The zero-order valence-electron chi connectivity index (χ0n) is 13.4. The van der Waals surface area contributed by atoms with Gasteiger partial charge in [-0.3, -0.25) is 4.79 Å². The fraction of sp³-hybridized carbons (Fsp3) is 0.278. The molecule has 2 aromatic rings. The monoisotopic (exact) mass is 410 g/mol. The van der Waals surface area contributed by atoms with Crippen LogP contribution in [0.15, 0.2) is 46.9 Å². The molecule has 0 saturated carbocycles. The Kier molecular flexibility index (Phi) is 6.66. The molecule has 1 N–H and O–H groups in total. The molecule has 0 spiro atoms. The zero-order chi connectivity index (χ0) is 16.2. The van der Waals surface area contributed by atoms with Gasteiger partial charge in [-0.1, -0.05) is 22.0 Å². The van der Waals surface area contributed by atoms with Gasteiger partial charge in [-0.05, 0) is 47.5 Å². The van der Waals surface area contributed by atoms with Gasteiger partial charge in [0.05, 0.1) is 6.54 Å².